The number of carbonyl (C=O) groups excluding carboxylic acids is 1. The van der Waals surface area contributed by atoms with Gasteiger partial charge in [-0.15, -0.1) is 0 Å². The van der Waals surface area contributed by atoms with Gasteiger partial charge in [0.2, 0.25) is 0 Å². The SMILES string of the molecule is COc1cc(N)c(Cl)cc1C(=O)N1C[C@@H](C(F)(F)F)[C@H](C(=O)O)C1. The Hall–Kier alpha value is -2.16. The Morgan fingerprint density at radius 2 is 2.00 bits per heavy atom. The summed E-state index contributed by atoms with van der Waals surface area (Å²) < 4.78 is 44.0. The van der Waals surface area contributed by atoms with E-state index in [2.05, 4.69) is 0 Å². The fraction of sp³-hybridized carbons (Fsp3) is 0.429. The zero-order valence-corrected chi connectivity index (χ0v) is 13.2. The number of hydrogen-bond donors (Lipinski definition) is 2. The van der Waals surface area contributed by atoms with Crippen LogP contribution in [0.15, 0.2) is 12.1 Å². The third-order valence-corrected chi connectivity index (χ3v) is 4.22. The van der Waals surface area contributed by atoms with E-state index < -0.39 is 43.0 Å². The maximum atomic E-state index is 13.0. The van der Waals surface area contributed by atoms with Gasteiger partial charge in [0.1, 0.15) is 5.75 Å². The molecule has 10 heteroatoms. The summed E-state index contributed by atoms with van der Waals surface area (Å²) in [5.41, 5.74) is 5.66. The Kier molecular flexibility index (Phi) is 4.84. The lowest BCUT2D eigenvalue weighted by molar-refractivity contribution is -0.187. The van der Waals surface area contributed by atoms with Crippen LogP contribution in [0.2, 0.25) is 5.02 Å². The molecule has 0 saturated carbocycles. The van der Waals surface area contributed by atoms with E-state index in [-0.39, 0.29) is 22.0 Å². The molecule has 0 aliphatic carbocycles. The number of hydrogen-bond acceptors (Lipinski definition) is 4. The number of nitrogens with two attached hydrogens (primary N) is 1. The van der Waals surface area contributed by atoms with Gasteiger partial charge in [-0.2, -0.15) is 13.2 Å². The van der Waals surface area contributed by atoms with E-state index in [1.165, 1.54) is 19.2 Å². The van der Waals surface area contributed by atoms with Gasteiger partial charge in [0.05, 0.1) is 35.2 Å². The standard InChI is InChI=1S/C14H14ClF3N2O4/c1-24-11-3-10(19)9(15)2-6(11)12(21)20-4-7(13(22)23)8(5-20)14(16,17)18/h2-3,7-8H,4-5,19H2,1H3,(H,22,23)/t7-,8-/m1/s1. The number of nitrogen functional groups attached to an aromatic ring is 1. The minimum absolute atomic E-state index is 0.0421. The van der Waals surface area contributed by atoms with Crippen molar-refractivity contribution in [3.05, 3.63) is 22.7 Å². The van der Waals surface area contributed by atoms with Gasteiger partial charge in [-0.1, -0.05) is 11.6 Å². The van der Waals surface area contributed by atoms with Crippen molar-refractivity contribution in [3.63, 3.8) is 0 Å². The van der Waals surface area contributed by atoms with Crippen LogP contribution in [0.4, 0.5) is 18.9 Å². The van der Waals surface area contributed by atoms with Crippen LogP contribution in [0, 0.1) is 11.8 Å². The second kappa shape index (κ2) is 6.39. The molecule has 1 aliphatic rings. The second-order valence-electron chi connectivity index (χ2n) is 5.38. The smallest absolute Gasteiger partial charge is 0.394 e. The number of likely N-dealkylation sites (tertiary alicyclic amines) is 1. The zero-order chi connectivity index (χ0) is 18.2. The fourth-order valence-corrected chi connectivity index (χ4v) is 2.79. The molecule has 2 rings (SSSR count). The van der Waals surface area contributed by atoms with Gasteiger partial charge in [0.15, 0.2) is 0 Å². The van der Waals surface area contributed by atoms with Crippen LogP contribution in [0.25, 0.3) is 0 Å². The van der Waals surface area contributed by atoms with Crippen LogP contribution in [-0.4, -0.2) is 48.3 Å². The number of amides is 1. The molecule has 1 aliphatic heterocycles. The number of benzene rings is 1. The number of carbonyl (C=O) groups is 2. The second-order valence-corrected chi connectivity index (χ2v) is 5.78. The predicted molar refractivity (Wildman–Crippen MR) is 79.0 cm³/mol. The molecule has 132 valence electrons. The molecule has 0 spiro atoms. The quantitative estimate of drug-likeness (QED) is 0.800. The number of rotatable bonds is 3. The summed E-state index contributed by atoms with van der Waals surface area (Å²) in [6.07, 6.45) is -4.72. The molecule has 1 heterocycles. The monoisotopic (exact) mass is 366 g/mol. The van der Waals surface area contributed by atoms with Crippen molar-refractivity contribution < 1.29 is 32.6 Å². The number of anilines is 1. The third kappa shape index (κ3) is 3.35. The van der Waals surface area contributed by atoms with Crippen LogP contribution in [-0.2, 0) is 4.79 Å². The summed E-state index contributed by atoms with van der Waals surface area (Å²) in [6.45, 7) is -1.30. The van der Waals surface area contributed by atoms with Crippen molar-refractivity contribution in [2.24, 2.45) is 11.8 Å². The summed E-state index contributed by atoms with van der Waals surface area (Å²) in [4.78, 5) is 24.4. The zero-order valence-electron chi connectivity index (χ0n) is 12.4. The number of alkyl halides is 3. The highest BCUT2D eigenvalue weighted by molar-refractivity contribution is 6.33. The van der Waals surface area contributed by atoms with Gasteiger partial charge in [0, 0.05) is 19.2 Å². The molecule has 1 saturated heterocycles. The molecular weight excluding hydrogens is 353 g/mol. The van der Waals surface area contributed by atoms with Gasteiger partial charge in [-0.05, 0) is 6.07 Å². The Morgan fingerprint density at radius 3 is 2.46 bits per heavy atom. The average molecular weight is 367 g/mol. The van der Waals surface area contributed by atoms with Crippen molar-refractivity contribution in [2.45, 2.75) is 6.18 Å². The van der Waals surface area contributed by atoms with Crippen molar-refractivity contribution in [1.82, 2.24) is 4.90 Å². The fourth-order valence-electron chi connectivity index (χ4n) is 2.63. The van der Waals surface area contributed by atoms with Crippen molar-refractivity contribution >= 4 is 29.2 Å². The molecule has 0 unspecified atom stereocenters. The van der Waals surface area contributed by atoms with Gasteiger partial charge >= 0.3 is 12.1 Å². The lowest BCUT2D eigenvalue weighted by Crippen LogP contribution is -2.34. The normalized spacial score (nSPS) is 21.0. The summed E-state index contributed by atoms with van der Waals surface area (Å²) in [6, 6.07) is 2.47. The summed E-state index contributed by atoms with van der Waals surface area (Å²) in [5.74, 6) is -6.20. The van der Waals surface area contributed by atoms with E-state index in [0.717, 1.165) is 4.90 Å². The molecule has 1 fully saturated rings. The Labute approximate surface area is 139 Å². The first-order valence-electron chi connectivity index (χ1n) is 6.78. The van der Waals surface area contributed by atoms with Crippen LogP contribution in [0.5, 0.6) is 5.75 Å². The number of halogens is 4. The van der Waals surface area contributed by atoms with Gasteiger partial charge in [0.25, 0.3) is 5.91 Å². The van der Waals surface area contributed by atoms with Crippen molar-refractivity contribution in [1.29, 1.82) is 0 Å². The molecule has 6 nitrogen and oxygen atoms in total. The van der Waals surface area contributed by atoms with Crippen LogP contribution >= 0.6 is 11.6 Å². The molecule has 1 aromatic carbocycles. The maximum Gasteiger partial charge on any atom is 0.394 e. The summed E-state index contributed by atoms with van der Waals surface area (Å²) in [7, 11) is 1.27. The first-order chi connectivity index (χ1) is 11.1. The van der Waals surface area contributed by atoms with E-state index >= 15 is 0 Å². The Balaban J connectivity index is 2.35. The molecule has 0 aromatic heterocycles. The molecule has 1 amide bonds. The van der Waals surface area contributed by atoms with Crippen molar-refractivity contribution in [3.8, 4) is 5.75 Å². The highest BCUT2D eigenvalue weighted by atomic mass is 35.5. The number of aliphatic carboxylic acids is 1. The minimum Gasteiger partial charge on any atom is -0.496 e. The van der Waals surface area contributed by atoms with E-state index in [4.69, 9.17) is 27.2 Å². The van der Waals surface area contributed by atoms with Gasteiger partial charge in [-0.25, -0.2) is 0 Å². The maximum absolute atomic E-state index is 13.0. The molecular formula is C14H14ClF3N2O4. The predicted octanol–water partition coefficient (Wildman–Crippen LogP) is 2.27. The molecule has 0 radical (unpaired) electrons. The van der Waals surface area contributed by atoms with Gasteiger partial charge in [-0.3, -0.25) is 9.59 Å². The Morgan fingerprint density at radius 1 is 1.38 bits per heavy atom. The van der Waals surface area contributed by atoms with Crippen LogP contribution in [0.3, 0.4) is 0 Å². The summed E-state index contributed by atoms with van der Waals surface area (Å²) >= 11 is 5.85. The van der Waals surface area contributed by atoms with Gasteiger partial charge < -0.3 is 20.5 Å². The number of ether oxygens (including phenoxy) is 1. The molecule has 1 aromatic rings. The highest BCUT2D eigenvalue weighted by Crippen LogP contribution is 2.39. The number of methoxy groups -OCH3 is 1. The lowest BCUT2D eigenvalue weighted by atomic mass is 9.96. The largest absolute Gasteiger partial charge is 0.496 e. The number of nitrogens with zero attached hydrogens (tertiary/aromatic N) is 1. The molecule has 24 heavy (non-hydrogen) atoms. The number of carboxylic acid groups (broad SMARTS) is 1. The third-order valence-electron chi connectivity index (χ3n) is 3.89. The molecule has 0 bridgehead atoms. The first kappa shape index (κ1) is 18.2. The van der Waals surface area contributed by atoms with Crippen LogP contribution in [0.1, 0.15) is 10.4 Å². The van der Waals surface area contributed by atoms with Crippen molar-refractivity contribution in [2.75, 3.05) is 25.9 Å². The van der Waals surface area contributed by atoms with E-state index in [9.17, 15) is 22.8 Å². The summed E-state index contributed by atoms with van der Waals surface area (Å²) in [5, 5.41) is 9.04. The van der Waals surface area contributed by atoms with E-state index in [0.29, 0.717) is 0 Å². The highest BCUT2D eigenvalue weighted by Gasteiger charge is 2.53. The Bertz CT molecular complexity index is 681. The topological polar surface area (TPSA) is 92.9 Å². The number of carboxylic acids is 1. The molecule has 3 N–H and O–H groups in total. The van der Waals surface area contributed by atoms with E-state index in [1.807, 2.05) is 0 Å². The lowest BCUT2D eigenvalue weighted by Gasteiger charge is -2.19. The average Bonchev–Trinajstić information content (AvgIpc) is 2.94. The van der Waals surface area contributed by atoms with E-state index in [1.54, 1.807) is 0 Å². The molecule has 2 atom stereocenters. The minimum atomic E-state index is -4.72. The van der Waals surface area contributed by atoms with Crippen LogP contribution < -0.4 is 10.5 Å². The first-order valence-corrected chi connectivity index (χ1v) is 7.15.